The van der Waals surface area contributed by atoms with Crippen molar-refractivity contribution in [2.24, 2.45) is 0 Å². The maximum absolute atomic E-state index is 6.67. The van der Waals surface area contributed by atoms with Crippen LogP contribution >= 0.6 is 11.6 Å². The first kappa shape index (κ1) is 21.6. The molecule has 10 heteroatoms. The van der Waals surface area contributed by atoms with Gasteiger partial charge in [-0.3, -0.25) is 4.40 Å². The van der Waals surface area contributed by atoms with E-state index in [0.29, 0.717) is 39.3 Å². The standard InChI is InChI=1S/C25H22ClN7O2/c1-34-18-9-19(22(26)21(10-18)35-2)20-8-16-12-28-25(31-23(16)33-13-29-32-24(20)33)30-17-4-3-15-11-27-6-5-14(15)7-17/h3-4,7-10,12-13,27H,5-6,11H2,1-2H3,(H,28,30,31). The number of halogens is 1. The number of pyridine rings is 1. The van der Waals surface area contributed by atoms with Crippen molar-refractivity contribution in [3.63, 3.8) is 0 Å². The van der Waals surface area contributed by atoms with E-state index in [9.17, 15) is 0 Å². The quantitative estimate of drug-likeness (QED) is 0.376. The molecule has 0 fully saturated rings. The molecule has 6 rings (SSSR count). The smallest absolute Gasteiger partial charge is 0.229 e. The summed E-state index contributed by atoms with van der Waals surface area (Å²) in [6.45, 7) is 1.89. The second kappa shape index (κ2) is 8.68. The van der Waals surface area contributed by atoms with E-state index in [1.54, 1.807) is 32.8 Å². The molecule has 0 atom stereocenters. The molecule has 3 aromatic heterocycles. The highest BCUT2D eigenvalue weighted by atomic mass is 35.5. The van der Waals surface area contributed by atoms with E-state index >= 15 is 0 Å². The third kappa shape index (κ3) is 3.78. The lowest BCUT2D eigenvalue weighted by molar-refractivity contribution is 0.395. The zero-order valence-corrected chi connectivity index (χ0v) is 19.9. The molecule has 1 aliphatic rings. The number of hydrogen-bond donors (Lipinski definition) is 2. The minimum Gasteiger partial charge on any atom is -0.497 e. The molecule has 0 saturated heterocycles. The molecule has 0 radical (unpaired) electrons. The van der Waals surface area contributed by atoms with Crippen LogP contribution in [0, 0.1) is 0 Å². The van der Waals surface area contributed by atoms with Crippen LogP contribution in [0.25, 0.3) is 27.8 Å². The number of anilines is 2. The summed E-state index contributed by atoms with van der Waals surface area (Å²) in [5.41, 5.74) is 6.40. The highest BCUT2D eigenvalue weighted by molar-refractivity contribution is 6.35. The largest absolute Gasteiger partial charge is 0.497 e. The Balaban J connectivity index is 1.45. The molecule has 2 aromatic carbocycles. The molecule has 0 unspecified atom stereocenters. The Kier molecular flexibility index (Phi) is 5.35. The van der Waals surface area contributed by atoms with Crippen LogP contribution in [0.3, 0.4) is 0 Å². The average molecular weight is 488 g/mol. The van der Waals surface area contributed by atoms with Crippen molar-refractivity contribution < 1.29 is 9.47 Å². The van der Waals surface area contributed by atoms with Crippen molar-refractivity contribution >= 4 is 39.9 Å². The van der Waals surface area contributed by atoms with E-state index < -0.39 is 0 Å². The second-order valence-electron chi connectivity index (χ2n) is 8.28. The molecular formula is C25H22ClN7O2. The van der Waals surface area contributed by atoms with Gasteiger partial charge in [0.25, 0.3) is 0 Å². The van der Waals surface area contributed by atoms with Gasteiger partial charge in [0.1, 0.15) is 17.8 Å². The normalized spacial score (nSPS) is 13.1. The van der Waals surface area contributed by atoms with Crippen LogP contribution in [0.5, 0.6) is 11.5 Å². The van der Waals surface area contributed by atoms with Crippen LogP contribution in [0.4, 0.5) is 11.6 Å². The maximum Gasteiger partial charge on any atom is 0.229 e. The number of hydrogen-bond acceptors (Lipinski definition) is 8. The zero-order chi connectivity index (χ0) is 23.9. The molecule has 1 aliphatic heterocycles. The van der Waals surface area contributed by atoms with Gasteiger partial charge in [0, 0.05) is 41.0 Å². The molecule has 176 valence electrons. The highest BCUT2D eigenvalue weighted by Crippen LogP contribution is 2.41. The van der Waals surface area contributed by atoms with Gasteiger partial charge in [-0.05, 0) is 48.4 Å². The Labute approximate surface area is 206 Å². The van der Waals surface area contributed by atoms with Crippen molar-refractivity contribution in [3.8, 4) is 22.6 Å². The minimum absolute atomic E-state index is 0.458. The van der Waals surface area contributed by atoms with E-state index in [4.69, 9.17) is 26.1 Å². The summed E-state index contributed by atoms with van der Waals surface area (Å²) in [6.07, 6.45) is 4.42. The van der Waals surface area contributed by atoms with Crippen molar-refractivity contribution in [3.05, 3.63) is 65.1 Å². The number of benzene rings is 2. The number of methoxy groups -OCH3 is 2. The molecule has 2 N–H and O–H groups in total. The maximum atomic E-state index is 6.67. The average Bonchev–Trinajstić information content (AvgIpc) is 3.39. The predicted molar refractivity (Wildman–Crippen MR) is 135 cm³/mol. The van der Waals surface area contributed by atoms with Gasteiger partial charge in [-0.1, -0.05) is 17.7 Å². The lowest BCUT2D eigenvalue weighted by Gasteiger charge is -2.18. The fourth-order valence-electron chi connectivity index (χ4n) is 4.45. The van der Waals surface area contributed by atoms with Gasteiger partial charge < -0.3 is 20.1 Å². The summed E-state index contributed by atoms with van der Waals surface area (Å²) in [5.74, 6) is 1.63. The third-order valence-electron chi connectivity index (χ3n) is 6.22. The lowest BCUT2D eigenvalue weighted by Crippen LogP contribution is -2.23. The van der Waals surface area contributed by atoms with Gasteiger partial charge in [-0.2, -0.15) is 4.98 Å². The molecule has 0 amide bonds. The molecular weight excluding hydrogens is 466 g/mol. The third-order valence-corrected chi connectivity index (χ3v) is 6.61. The zero-order valence-electron chi connectivity index (χ0n) is 19.2. The van der Waals surface area contributed by atoms with Gasteiger partial charge in [-0.25, -0.2) is 4.98 Å². The summed E-state index contributed by atoms with van der Waals surface area (Å²) in [5, 5.41) is 16.5. The van der Waals surface area contributed by atoms with E-state index in [0.717, 1.165) is 36.1 Å². The number of aromatic nitrogens is 5. The number of fused-ring (bicyclic) bond motifs is 4. The monoisotopic (exact) mass is 487 g/mol. The molecule has 0 saturated carbocycles. The Morgan fingerprint density at radius 3 is 2.80 bits per heavy atom. The van der Waals surface area contributed by atoms with Crippen LogP contribution in [0.1, 0.15) is 11.1 Å². The summed E-state index contributed by atoms with van der Waals surface area (Å²) in [6, 6.07) is 11.9. The van der Waals surface area contributed by atoms with E-state index in [1.165, 1.54) is 11.1 Å². The van der Waals surface area contributed by atoms with Gasteiger partial charge in [-0.15, -0.1) is 10.2 Å². The first-order chi connectivity index (χ1) is 17.1. The summed E-state index contributed by atoms with van der Waals surface area (Å²) in [4.78, 5) is 9.33. The minimum atomic E-state index is 0.458. The first-order valence-corrected chi connectivity index (χ1v) is 11.5. The van der Waals surface area contributed by atoms with Crippen LogP contribution in [0.15, 0.2) is 48.9 Å². The summed E-state index contributed by atoms with van der Waals surface area (Å²) in [7, 11) is 3.17. The Morgan fingerprint density at radius 1 is 1.03 bits per heavy atom. The van der Waals surface area contributed by atoms with Crippen molar-refractivity contribution in [1.29, 1.82) is 0 Å². The van der Waals surface area contributed by atoms with E-state index in [-0.39, 0.29) is 0 Å². The van der Waals surface area contributed by atoms with Crippen molar-refractivity contribution in [2.75, 3.05) is 26.1 Å². The van der Waals surface area contributed by atoms with Crippen LogP contribution in [0.2, 0.25) is 5.02 Å². The highest BCUT2D eigenvalue weighted by Gasteiger charge is 2.19. The number of nitrogens with one attached hydrogen (secondary N) is 2. The number of nitrogens with zero attached hydrogens (tertiary/aromatic N) is 5. The van der Waals surface area contributed by atoms with E-state index in [2.05, 4.69) is 44.0 Å². The van der Waals surface area contributed by atoms with E-state index in [1.807, 2.05) is 16.5 Å². The van der Waals surface area contributed by atoms with Gasteiger partial charge >= 0.3 is 0 Å². The van der Waals surface area contributed by atoms with Crippen molar-refractivity contribution in [1.82, 2.24) is 29.9 Å². The number of ether oxygens (including phenoxy) is 2. The Hall–Kier alpha value is -3.95. The van der Waals surface area contributed by atoms with Gasteiger partial charge in [0.05, 0.1) is 19.2 Å². The molecule has 4 heterocycles. The van der Waals surface area contributed by atoms with Gasteiger partial charge in [0.15, 0.2) is 11.3 Å². The molecule has 0 spiro atoms. The predicted octanol–water partition coefficient (Wildman–Crippen LogP) is 4.40. The molecule has 35 heavy (non-hydrogen) atoms. The SMILES string of the molecule is COc1cc(OC)c(Cl)c(-c2cc3cnc(Nc4ccc5c(c4)CCNC5)nc3n3cnnc23)c1. The molecule has 9 nitrogen and oxygen atoms in total. The van der Waals surface area contributed by atoms with Gasteiger partial charge in [0.2, 0.25) is 5.95 Å². The van der Waals surface area contributed by atoms with Crippen LogP contribution < -0.4 is 20.1 Å². The summed E-state index contributed by atoms with van der Waals surface area (Å²) >= 11 is 6.67. The molecule has 0 aliphatic carbocycles. The molecule has 5 aromatic rings. The Morgan fingerprint density at radius 2 is 1.94 bits per heavy atom. The first-order valence-electron chi connectivity index (χ1n) is 11.2. The van der Waals surface area contributed by atoms with Crippen molar-refractivity contribution in [2.45, 2.75) is 13.0 Å². The van der Waals surface area contributed by atoms with Crippen LogP contribution in [-0.2, 0) is 13.0 Å². The summed E-state index contributed by atoms with van der Waals surface area (Å²) < 4.78 is 12.7. The number of rotatable bonds is 5. The fourth-order valence-corrected chi connectivity index (χ4v) is 4.74. The second-order valence-corrected chi connectivity index (χ2v) is 8.66. The lowest BCUT2D eigenvalue weighted by atomic mass is 10.0. The Bertz CT molecular complexity index is 1580. The fraction of sp³-hybridized carbons (Fsp3) is 0.200. The topological polar surface area (TPSA) is 98.5 Å². The molecule has 0 bridgehead atoms. The van der Waals surface area contributed by atoms with Crippen LogP contribution in [-0.4, -0.2) is 45.3 Å².